The molecular weight excluding hydrogens is 779 g/mol. The molecule has 4 atom stereocenters. The lowest BCUT2D eigenvalue weighted by Gasteiger charge is -2.41. The Balaban J connectivity index is 0.965. The maximum Gasteiger partial charge on any atom is 0.241 e. The van der Waals surface area contributed by atoms with Crippen molar-refractivity contribution in [1.82, 2.24) is 14.9 Å². The molecule has 3 N–H and O–H groups in total. The SMILES string of the molecule is Cc1ccc(S(=O)(=O)N[C@H](Cc2ccccc2)C(=O)NCc2cccc(-c3cccc([C@H]4O[C@@H](CN5CCC6(CC5)OCCO6)C[C@@H](c5ccc(CO)cc5)O4)c3)c2)cc1. The largest absolute Gasteiger partial charge is 0.392 e. The molecule has 8 rings (SSSR count). The van der Waals surface area contributed by atoms with Crippen molar-refractivity contribution in [3.8, 4) is 11.1 Å². The Kier molecular flexibility index (Phi) is 13.2. The van der Waals surface area contributed by atoms with Crippen LogP contribution in [0.5, 0.6) is 0 Å². The fraction of sp³-hybridized carbons (Fsp3) is 0.354. The second-order valence-corrected chi connectivity index (χ2v) is 17.7. The molecule has 3 aliphatic heterocycles. The monoisotopic (exact) mass is 831 g/mol. The minimum Gasteiger partial charge on any atom is -0.392 e. The third kappa shape index (κ3) is 10.4. The Morgan fingerprint density at radius 1 is 0.783 bits per heavy atom. The number of ether oxygens (including phenoxy) is 4. The molecule has 314 valence electrons. The molecule has 0 unspecified atom stereocenters. The van der Waals surface area contributed by atoms with Crippen LogP contribution in [0.1, 0.15) is 65.0 Å². The van der Waals surface area contributed by atoms with E-state index in [2.05, 4.69) is 21.0 Å². The molecule has 3 heterocycles. The molecular formula is C48H53N3O8S. The highest BCUT2D eigenvalue weighted by Gasteiger charge is 2.41. The van der Waals surface area contributed by atoms with Gasteiger partial charge in [0.25, 0.3) is 0 Å². The number of aryl methyl sites for hydroxylation is 1. The molecule has 0 radical (unpaired) electrons. The lowest BCUT2D eigenvalue weighted by atomic mass is 9.97. The van der Waals surface area contributed by atoms with Gasteiger partial charge in [-0.1, -0.05) is 109 Å². The van der Waals surface area contributed by atoms with Crippen LogP contribution in [0.25, 0.3) is 11.1 Å². The lowest BCUT2D eigenvalue weighted by Crippen LogP contribution is -2.48. The number of hydrogen-bond acceptors (Lipinski definition) is 9. The van der Waals surface area contributed by atoms with Crippen LogP contribution in [0.4, 0.5) is 0 Å². The molecule has 12 heteroatoms. The number of sulfonamides is 1. The van der Waals surface area contributed by atoms with E-state index in [9.17, 15) is 18.3 Å². The maximum absolute atomic E-state index is 13.7. The van der Waals surface area contributed by atoms with Gasteiger partial charge in [0.15, 0.2) is 12.1 Å². The fourth-order valence-electron chi connectivity index (χ4n) is 8.23. The Morgan fingerprint density at radius 3 is 2.18 bits per heavy atom. The molecule has 60 heavy (non-hydrogen) atoms. The predicted octanol–water partition coefficient (Wildman–Crippen LogP) is 6.74. The molecule has 0 aliphatic carbocycles. The first kappa shape index (κ1) is 42.0. The van der Waals surface area contributed by atoms with Crippen LogP contribution in [0.15, 0.2) is 132 Å². The smallest absolute Gasteiger partial charge is 0.241 e. The first-order valence-corrected chi connectivity index (χ1v) is 22.2. The number of nitrogens with one attached hydrogen (secondary N) is 2. The topological polar surface area (TPSA) is 136 Å². The van der Waals surface area contributed by atoms with Gasteiger partial charge >= 0.3 is 0 Å². The van der Waals surface area contributed by atoms with Gasteiger partial charge in [0.1, 0.15) is 6.04 Å². The molecule has 11 nitrogen and oxygen atoms in total. The average Bonchev–Trinajstić information content (AvgIpc) is 3.74. The molecule has 5 aromatic carbocycles. The van der Waals surface area contributed by atoms with Crippen LogP contribution in [0, 0.1) is 6.92 Å². The Hall–Kier alpha value is -4.76. The van der Waals surface area contributed by atoms with E-state index in [1.54, 1.807) is 24.3 Å². The summed E-state index contributed by atoms with van der Waals surface area (Å²) >= 11 is 0. The summed E-state index contributed by atoms with van der Waals surface area (Å²) in [5.74, 6) is -0.865. The first-order valence-electron chi connectivity index (χ1n) is 20.7. The highest BCUT2D eigenvalue weighted by molar-refractivity contribution is 7.89. The van der Waals surface area contributed by atoms with E-state index in [-0.39, 0.29) is 36.7 Å². The van der Waals surface area contributed by atoms with E-state index in [1.807, 2.05) is 104 Å². The quantitative estimate of drug-likeness (QED) is 0.111. The highest BCUT2D eigenvalue weighted by atomic mass is 32.2. The number of amides is 1. The maximum atomic E-state index is 13.7. The molecule has 3 saturated heterocycles. The summed E-state index contributed by atoms with van der Waals surface area (Å²) < 4.78 is 54.8. The highest BCUT2D eigenvalue weighted by Crippen LogP contribution is 2.40. The van der Waals surface area contributed by atoms with E-state index < -0.39 is 34.0 Å². The van der Waals surface area contributed by atoms with Gasteiger partial charge < -0.3 is 34.3 Å². The van der Waals surface area contributed by atoms with Crippen LogP contribution < -0.4 is 10.0 Å². The standard InChI is InChI=1S/C48H53N3O8S/c1-34-13-19-43(20-14-34)60(54,55)50-44(28-35-7-3-2-4-8-35)46(53)49-31-37-9-5-10-39(27-37)40-11-6-12-41(29-40)47-58-42(30-45(59-47)38-17-15-36(33-52)16-18-38)32-51-23-21-48(22-24-51)56-25-26-57-48/h2-20,27,29,42,44-45,47,50,52H,21-26,28,30-33H2,1H3,(H,49,53)/t42-,44-,45+,47+/m1/s1. The van der Waals surface area contributed by atoms with Crippen molar-refractivity contribution in [2.75, 3.05) is 32.8 Å². The van der Waals surface area contributed by atoms with Crippen molar-refractivity contribution < 1.29 is 37.3 Å². The second kappa shape index (κ2) is 18.9. The molecule has 1 amide bonds. The Labute approximate surface area is 352 Å². The molecule has 5 aromatic rings. The van der Waals surface area contributed by atoms with Crippen molar-refractivity contribution in [3.05, 3.63) is 161 Å². The van der Waals surface area contributed by atoms with Gasteiger partial charge in [-0.2, -0.15) is 4.72 Å². The zero-order valence-corrected chi connectivity index (χ0v) is 34.7. The number of hydrogen-bond donors (Lipinski definition) is 3. The van der Waals surface area contributed by atoms with E-state index >= 15 is 0 Å². The van der Waals surface area contributed by atoms with Crippen LogP contribution in [-0.2, 0) is 53.3 Å². The zero-order chi connectivity index (χ0) is 41.5. The van der Waals surface area contributed by atoms with E-state index in [1.165, 1.54) is 0 Å². The number of benzene rings is 5. The van der Waals surface area contributed by atoms with Gasteiger partial charge in [-0.25, -0.2) is 8.42 Å². The average molecular weight is 832 g/mol. The molecule has 3 fully saturated rings. The number of carbonyl (C=O) groups is 1. The first-order chi connectivity index (χ1) is 29.1. The van der Waals surface area contributed by atoms with Gasteiger partial charge in [-0.05, 0) is 71.0 Å². The predicted molar refractivity (Wildman–Crippen MR) is 228 cm³/mol. The van der Waals surface area contributed by atoms with Gasteiger partial charge in [0, 0.05) is 51.0 Å². The number of aliphatic hydroxyl groups excluding tert-OH is 1. The van der Waals surface area contributed by atoms with Gasteiger partial charge in [0.2, 0.25) is 15.9 Å². The summed E-state index contributed by atoms with van der Waals surface area (Å²) in [6, 6.07) is 38.9. The number of nitrogens with zero attached hydrogens (tertiary/aromatic N) is 1. The summed E-state index contributed by atoms with van der Waals surface area (Å²) in [5.41, 5.74) is 7.33. The number of rotatable bonds is 14. The van der Waals surface area contributed by atoms with Crippen molar-refractivity contribution in [1.29, 1.82) is 0 Å². The van der Waals surface area contributed by atoms with E-state index in [4.69, 9.17) is 18.9 Å². The minimum atomic E-state index is -3.97. The normalized spacial score (nSPS) is 21.1. The van der Waals surface area contributed by atoms with Crippen molar-refractivity contribution in [2.24, 2.45) is 0 Å². The third-order valence-electron chi connectivity index (χ3n) is 11.6. The summed E-state index contributed by atoms with van der Waals surface area (Å²) in [6.45, 7) is 5.86. The summed E-state index contributed by atoms with van der Waals surface area (Å²) in [7, 11) is -3.97. The van der Waals surface area contributed by atoms with Gasteiger partial charge in [0.05, 0.1) is 36.9 Å². The summed E-state index contributed by atoms with van der Waals surface area (Å²) in [5, 5.41) is 12.6. The second-order valence-electron chi connectivity index (χ2n) is 16.0. The van der Waals surface area contributed by atoms with Crippen molar-refractivity contribution in [3.63, 3.8) is 0 Å². The van der Waals surface area contributed by atoms with Crippen LogP contribution in [0.2, 0.25) is 0 Å². The minimum absolute atomic E-state index is 0.0186. The Bertz CT molecular complexity index is 2310. The number of likely N-dealkylation sites (tertiary alicyclic amines) is 1. The van der Waals surface area contributed by atoms with Crippen LogP contribution in [0.3, 0.4) is 0 Å². The number of piperidine rings is 1. The molecule has 1 spiro atoms. The van der Waals surface area contributed by atoms with Crippen LogP contribution >= 0.6 is 0 Å². The summed E-state index contributed by atoms with van der Waals surface area (Å²) in [6.07, 6.45) is 1.63. The summed E-state index contributed by atoms with van der Waals surface area (Å²) in [4.78, 5) is 16.3. The van der Waals surface area contributed by atoms with Gasteiger partial charge in [-0.3, -0.25) is 4.79 Å². The van der Waals surface area contributed by atoms with Crippen molar-refractivity contribution in [2.45, 2.75) is 81.0 Å². The molecule has 0 bridgehead atoms. The van der Waals surface area contributed by atoms with E-state index in [0.29, 0.717) is 19.6 Å². The van der Waals surface area contributed by atoms with Crippen LogP contribution in [-0.4, -0.2) is 75.1 Å². The molecule has 0 aromatic heterocycles. The third-order valence-corrected chi connectivity index (χ3v) is 13.1. The zero-order valence-electron chi connectivity index (χ0n) is 33.9. The number of carbonyl (C=O) groups excluding carboxylic acids is 1. The fourth-order valence-corrected chi connectivity index (χ4v) is 9.43. The molecule has 0 saturated carbocycles. The lowest BCUT2D eigenvalue weighted by molar-refractivity contribution is -0.255. The Morgan fingerprint density at radius 2 is 1.47 bits per heavy atom. The van der Waals surface area contributed by atoms with E-state index in [0.717, 1.165) is 77.0 Å². The molecule has 3 aliphatic rings. The number of aliphatic hydroxyl groups is 1. The van der Waals surface area contributed by atoms with Crippen molar-refractivity contribution >= 4 is 15.9 Å². The van der Waals surface area contributed by atoms with Gasteiger partial charge in [-0.15, -0.1) is 0 Å².